The number of halogens is 3. The summed E-state index contributed by atoms with van der Waals surface area (Å²) in [6.45, 7) is 2.64. The highest BCUT2D eigenvalue weighted by molar-refractivity contribution is 6.60. The number of carbonyl (C=O) groups excluding carboxylic acids is 1. The lowest BCUT2D eigenvalue weighted by Gasteiger charge is -2.33. The van der Waals surface area contributed by atoms with Crippen LogP contribution in [0.15, 0.2) is 18.3 Å². The minimum absolute atomic E-state index is 0.0646. The van der Waals surface area contributed by atoms with E-state index < -0.39 is 22.9 Å². The maximum Gasteiger partial charge on any atom is 0.417 e. The van der Waals surface area contributed by atoms with Crippen LogP contribution in [0.2, 0.25) is 0 Å². The van der Waals surface area contributed by atoms with Crippen molar-refractivity contribution in [2.75, 3.05) is 11.4 Å². The fourth-order valence-electron chi connectivity index (χ4n) is 3.71. The van der Waals surface area contributed by atoms with Gasteiger partial charge in [-0.2, -0.15) is 13.2 Å². The molecule has 0 N–H and O–H groups in total. The van der Waals surface area contributed by atoms with Crippen LogP contribution in [0.25, 0.3) is 0 Å². The minimum atomic E-state index is -4.45. The smallest absolute Gasteiger partial charge is 0.352 e. The molecule has 6 radical (unpaired) electrons. The lowest BCUT2D eigenvalue weighted by atomic mass is 9.48. The molecule has 0 unspecified atom stereocenters. The van der Waals surface area contributed by atoms with Gasteiger partial charge < -0.3 is 9.80 Å². The Bertz CT molecular complexity index is 1010. The molecule has 2 aromatic rings. The van der Waals surface area contributed by atoms with E-state index in [-0.39, 0.29) is 13.1 Å². The number of carbonyl (C=O) groups is 1. The van der Waals surface area contributed by atoms with Crippen molar-refractivity contribution in [3.63, 3.8) is 0 Å². The van der Waals surface area contributed by atoms with Crippen molar-refractivity contribution in [3.8, 4) is 0 Å². The van der Waals surface area contributed by atoms with E-state index in [1.54, 1.807) is 13.0 Å². The molecule has 29 heavy (non-hydrogen) atoms. The van der Waals surface area contributed by atoms with Crippen LogP contribution in [0.5, 0.6) is 0 Å². The predicted molar refractivity (Wildman–Crippen MR) is 103 cm³/mol. The van der Waals surface area contributed by atoms with Crippen molar-refractivity contribution >= 4 is 35.3 Å². The van der Waals surface area contributed by atoms with Gasteiger partial charge in [-0.15, -0.1) is 0 Å². The molecule has 0 atom stereocenters. The molecule has 4 heterocycles. The Labute approximate surface area is 169 Å². The quantitative estimate of drug-likeness (QED) is 0.727. The number of hydrogen-bond donors (Lipinski definition) is 0. The summed E-state index contributed by atoms with van der Waals surface area (Å²) in [6, 6.07) is 2.82. The molecule has 0 bridgehead atoms. The van der Waals surface area contributed by atoms with Gasteiger partial charge in [-0.05, 0) is 30.2 Å². The second kappa shape index (κ2) is 6.54. The first-order valence-electron chi connectivity index (χ1n) is 8.94. The molecule has 0 saturated heterocycles. The molecule has 11 heteroatoms. The van der Waals surface area contributed by atoms with Gasteiger partial charge in [0.15, 0.2) is 0 Å². The summed E-state index contributed by atoms with van der Waals surface area (Å²) in [5, 5.41) is -1.81. The maximum absolute atomic E-state index is 13.0. The SMILES string of the molecule is [B]C([B])([B])N1Cc2nc(N3CCc4ncc(C(F)(F)F)cc4C3)c(C)cc2C1=O. The number of aromatic nitrogens is 2. The number of nitrogens with zero attached hydrogens (tertiary/aromatic N) is 4. The maximum atomic E-state index is 13.0. The Morgan fingerprint density at radius 3 is 2.48 bits per heavy atom. The summed E-state index contributed by atoms with van der Waals surface area (Å²) in [5.74, 6) is 0.191. The fourth-order valence-corrected chi connectivity index (χ4v) is 3.71. The van der Waals surface area contributed by atoms with E-state index >= 15 is 0 Å². The molecule has 2 aliphatic heterocycles. The molecule has 0 aromatic carbocycles. The summed E-state index contributed by atoms with van der Waals surface area (Å²) in [5.41, 5.74) is 1.95. The zero-order chi connectivity index (χ0) is 21.1. The Morgan fingerprint density at radius 1 is 1.10 bits per heavy atom. The molecule has 0 aliphatic carbocycles. The molecule has 2 aromatic heterocycles. The number of anilines is 1. The Morgan fingerprint density at radius 2 is 1.83 bits per heavy atom. The predicted octanol–water partition coefficient (Wildman–Crippen LogP) is 1.44. The zero-order valence-electron chi connectivity index (χ0n) is 15.6. The van der Waals surface area contributed by atoms with Crippen LogP contribution in [-0.2, 0) is 25.7 Å². The van der Waals surface area contributed by atoms with Crippen molar-refractivity contribution in [1.82, 2.24) is 14.9 Å². The molecule has 142 valence electrons. The fraction of sp³-hybridized carbons (Fsp3) is 0.389. The van der Waals surface area contributed by atoms with Gasteiger partial charge in [0, 0.05) is 31.4 Å². The third-order valence-corrected chi connectivity index (χ3v) is 5.18. The average molecular weight is 392 g/mol. The van der Waals surface area contributed by atoms with E-state index in [0.29, 0.717) is 41.3 Å². The van der Waals surface area contributed by atoms with Crippen molar-refractivity contribution in [2.24, 2.45) is 0 Å². The van der Waals surface area contributed by atoms with Crippen LogP contribution in [0.1, 0.15) is 38.4 Å². The topological polar surface area (TPSA) is 49.3 Å². The number of amides is 1. The first kappa shape index (κ1) is 19.9. The number of hydrogen-bond acceptors (Lipinski definition) is 4. The highest BCUT2D eigenvalue weighted by Gasteiger charge is 2.36. The standard InChI is InChI=1S/C18H14B3F3N4O/c1-9-4-12-14(8-28(16(12)29)18(19,20)21)26-15(9)27-3-2-13-10(7-27)5-11(6-25-13)17(22,23)24/h4-6H,2-3,7-8H2,1H3. The van der Waals surface area contributed by atoms with E-state index in [4.69, 9.17) is 23.5 Å². The molecule has 0 saturated carbocycles. The molecule has 0 spiro atoms. The largest absolute Gasteiger partial charge is 0.417 e. The number of fused-ring (bicyclic) bond motifs is 2. The number of aryl methyl sites for hydroxylation is 1. The average Bonchev–Trinajstić information content (AvgIpc) is 2.95. The van der Waals surface area contributed by atoms with Gasteiger partial charge in [0.1, 0.15) is 5.82 Å². The normalized spacial score (nSPS) is 16.8. The number of pyridine rings is 2. The first-order chi connectivity index (χ1) is 13.4. The Hall–Kier alpha value is -2.45. The summed E-state index contributed by atoms with van der Waals surface area (Å²) in [6.07, 6.45) is -3.09. The van der Waals surface area contributed by atoms with Crippen LogP contribution < -0.4 is 4.90 Å². The van der Waals surface area contributed by atoms with E-state index in [0.717, 1.165) is 22.7 Å². The van der Waals surface area contributed by atoms with Gasteiger partial charge in [0.05, 0.1) is 46.9 Å². The molecule has 1 amide bonds. The lowest BCUT2D eigenvalue weighted by Crippen LogP contribution is -2.50. The van der Waals surface area contributed by atoms with Gasteiger partial charge in [0.2, 0.25) is 0 Å². The Balaban J connectivity index is 1.66. The van der Waals surface area contributed by atoms with Gasteiger partial charge in [0.25, 0.3) is 5.91 Å². The first-order valence-corrected chi connectivity index (χ1v) is 8.94. The van der Waals surface area contributed by atoms with Crippen LogP contribution in [0.4, 0.5) is 19.0 Å². The summed E-state index contributed by atoms with van der Waals surface area (Å²) in [7, 11) is 17.0. The van der Waals surface area contributed by atoms with Crippen molar-refractivity contribution < 1.29 is 18.0 Å². The summed E-state index contributed by atoms with van der Waals surface area (Å²) >= 11 is 0. The summed E-state index contributed by atoms with van der Waals surface area (Å²) < 4.78 is 39.1. The van der Waals surface area contributed by atoms with Crippen LogP contribution in [0.3, 0.4) is 0 Å². The molecular formula is C18H14B3F3N4O. The summed E-state index contributed by atoms with van der Waals surface area (Å²) in [4.78, 5) is 24.1. The molecule has 4 rings (SSSR count). The minimum Gasteiger partial charge on any atom is -0.352 e. The molecule has 0 fully saturated rings. The van der Waals surface area contributed by atoms with Crippen LogP contribution in [-0.4, -0.2) is 56.1 Å². The van der Waals surface area contributed by atoms with E-state index in [1.165, 1.54) is 0 Å². The highest BCUT2D eigenvalue weighted by atomic mass is 19.4. The van der Waals surface area contributed by atoms with Gasteiger partial charge in [-0.25, -0.2) is 4.98 Å². The van der Waals surface area contributed by atoms with Crippen molar-refractivity contribution in [3.05, 3.63) is 52.0 Å². The van der Waals surface area contributed by atoms with E-state index in [1.807, 2.05) is 4.90 Å². The van der Waals surface area contributed by atoms with Crippen molar-refractivity contribution in [2.45, 2.75) is 37.8 Å². The molecule has 5 nitrogen and oxygen atoms in total. The van der Waals surface area contributed by atoms with Crippen molar-refractivity contribution in [1.29, 1.82) is 0 Å². The van der Waals surface area contributed by atoms with E-state index in [9.17, 15) is 18.0 Å². The molecular weight excluding hydrogens is 378 g/mol. The van der Waals surface area contributed by atoms with Crippen LogP contribution in [0, 0.1) is 6.92 Å². The number of rotatable bonds is 2. The monoisotopic (exact) mass is 392 g/mol. The van der Waals surface area contributed by atoms with Gasteiger partial charge >= 0.3 is 6.18 Å². The van der Waals surface area contributed by atoms with Gasteiger partial charge in [-0.1, -0.05) is 5.24 Å². The highest BCUT2D eigenvalue weighted by Crippen LogP contribution is 2.34. The third kappa shape index (κ3) is 3.51. The second-order valence-corrected chi connectivity index (χ2v) is 7.40. The zero-order valence-corrected chi connectivity index (χ0v) is 15.6. The second-order valence-electron chi connectivity index (χ2n) is 7.40. The van der Waals surface area contributed by atoms with E-state index in [2.05, 4.69) is 9.97 Å². The van der Waals surface area contributed by atoms with Gasteiger partial charge in [-0.3, -0.25) is 9.78 Å². The van der Waals surface area contributed by atoms with Crippen LogP contribution >= 0.6 is 0 Å². The third-order valence-electron chi connectivity index (χ3n) is 5.18. The Kier molecular flexibility index (Phi) is 4.47. The molecule has 2 aliphatic rings. The number of alkyl halides is 3. The lowest BCUT2D eigenvalue weighted by molar-refractivity contribution is -0.137.